The smallest absolute Gasteiger partial charge is 0.124 e. The summed E-state index contributed by atoms with van der Waals surface area (Å²) in [5.41, 5.74) is 4.22. The van der Waals surface area contributed by atoms with Crippen molar-refractivity contribution in [2.75, 3.05) is 7.11 Å². The van der Waals surface area contributed by atoms with Crippen LogP contribution in [-0.4, -0.2) is 7.11 Å². The number of halogens is 1. The maximum Gasteiger partial charge on any atom is 0.124 e. The lowest BCUT2D eigenvalue weighted by Gasteiger charge is -2.14. The lowest BCUT2D eigenvalue weighted by atomic mass is 10.0. The van der Waals surface area contributed by atoms with Crippen LogP contribution in [0.1, 0.15) is 27.6 Å². The fraction of sp³-hybridized carbons (Fsp3) is 0.286. The van der Waals surface area contributed by atoms with Crippen LogP contribution in [0, 0.1) is 13.8 Å². The molecular weight excluding hydrogens is 236 g/mol. The number of hydrogen-bond acceptors (Lipinski definition) is 2. The summed E-state index contributed by atoms with van der Waals surface area (Å²) in [5, 5.41) is -0.183. The molecule has 0 saturated carbocycles. The van der Waals surface area contributed by atoms with E-state index in [9.17, 15) is 0 Å². The van der Waals surface area contributed by atoms with Crippen LogP contribution in [0.4, 0.5) is 0 Å². The topological polar surface area (TPSA) is 22.4 Å². The zero-order chi connectivity index (χ0) is 12.4. The largest absolute Gasteiger partial charge is 0.496 e. The fourth-order valence-electron chi connectivity index (χ4n) is 2.06. The minimum absolute atomic E-state index is 0.183. The van der Waals surface area contributed by atoms with Crippen molar-refractivity contribution in [3.05, 3.63) is 53.0 Å². The number of benzene rings is 1. The molecule has 0 aliphatic carbocycles. The van der Waals surface area contributed by atoms with Crippen LogP contribution in [0.15, 0.2) is 35.1 Å². The lowest BCUT2D eigenvalue weighted by molar-refractivity contribution is 0.408. The van der Waals surface area contributed by atoms with Gasteiger partial charge in [-0.25, -0.2) is 0 Å². The Labute approximate surface area is 106 Å². The molecule has 2 nitrogen and oxygen atoms in total. The first-order chi connectivity index (χ1) is 8.13. The summed E-state index contributed by atoms with van der Waals surface area (Å²) in [7, 11) is 1.68. The maximum atomic E-state index is 6.41. The molecule has 0 saturated heterocycles. The summed E-state index contributed by atoms with van der Waals surface area (Å²) >= 11 is 6.41. The number of alkyl halides is 1. The van der Waals surface area contributed by atoms with E-state index in [2.05, 4.69) is 12.1 Å². The second-order valence-corrected chi connectivity index (χ2v) is 4.54. The highest BCUT2D eigenvalue weighted by molar-refractivity contribution is 6.22. The number of methoxy groups -OCH3 is 1. The second kappa shape index (κ2) is 4.84. The van der Waals surface area contributed by atoms with E-state index < -0.39 is 0 Å². The maximum absolute atomic E-state index is 6.41. The highest BCUT2D eigenvalue weighted by atomic mass is 35.5. The summed E-state index contributed by atoms with van der Waals surface area (Å²) < 4.78 is 10.4. The molecular formula is C14H15ClO2. The van der Waals surface area contributed by atoms with Crippen LogP contribution in [0.2, 0.25) is 0 Å². The highest BCUT2D eigenvalue weighted by Crippen LogP contribution is 2.33. The Morgan fingerprint density at radius 1 is 1.18 bits per heavy atom. The molecule has 2 aromatic rings. The molecule has 0 spiro atoms. The Kier molecular flexibility index (Phi) is 3.43. The van der Waals surface area contributed by atoms with Crippen LogP contribution in [-0.2, 0) is 0 Å². The Balaban J connectivity index is 2.40. The van der Waals surface area contributed by atoms with Crippen LogP contribution in [0.3, 0.4) is 0 Å². The van der Waals surface area contributed by atoms with E-state index in [1.807, 2.05) is 19.9 Å². The molecule has 90 valence electrons. The normalized spacial score (nSPS) is 12.5. The minimum atomic E-state index is -0.183. The van der Waals surface area contributed by atoms with Gasteiger partial charge in [-0.05, 0) is 36.6 Å². The molecule has 0 fully saturated rings. The third kappa shape index (κ3) is 2.32. The molecule has 0 bridgehead atoms. The first-order valence-electron chi connectivity index (χ1n) is 5.44. The monoisotopic (exact) mass is 250 g/mol. The van der Waals surface area contributed by atoms with Gasteiger partial charge in [0.25, 0.3) is 0 Å². The van der Waals surface area contributed by atoms with Gasteiger partial charge in [0.05, 0.1) is 25.0 Å². The first-order valence-corrected chi connectivity index (χ1v) is 5.88. The molecule has 0 aliphatic rings. The summed E-state index contributed by atoms with van der Waals surface area (Å²) in [5.74, 6) is 0.921. The number of rotatable bonds is 3. The van der Waals surface area contributed by atoms with Gasteiger partial charge in [0, 0.05) is 5.56 Å². The first kappa shape index (κ1) is 12.1. The van der Waals surface area contributed by atoms with E-state index in [-0.39, 0.29) is 5.38 Å². The average Bonchev–Trinajstić information content (AvgIpc) is 2.81. The third-order valence-corrected chi connectivity index (χ3v) is 3.32. The van der Waals surface area contributed by atoms with Crippen molar-refractivity contribution in [2.45, 2.75) is 19.2 Å². The van der Waals surface area contributed by atoms with Gasteiger partial charge in [-0.2, -0.15) is 0 Å². The van der Waals surface area contributed by atoms with Gasteiger partial charge in [-0.15, -0.1) is 11.6 Å². The molecule has 0 radical (unpaired) electrons. The summed E-state index contributed by atoms with van der Waals surface area (Å²) in [4.78, 5) is 0. The quantitative estimate of drug-likeness (QED) is 0.761. The fourth-order valence-corrected chi connectivity index (χ4v) is 2.31. The van der Waals surface area contributed by atoms with Gasteiger partial charge in [-0.1, -0.05) is 12.1 Å². The predicted octanol–water partition coefficient (Wildman–Crippen LogP) is 4.23. The van der Waals surface area contributed by atoms with Crippen LogP contribution in [0.25, 0.3) is 0 Å². The molecule has 0 amide bonds. The van der Waals surface area contributed by atoms with Crippen molar-refractivity contribution >= 4 is 11.6 Å². The molecule has 17 heavy (non-hydrogen) atoms. The minimum Gasteiger partial charge on any atom is -0.496 e. The SMILES string of the molecule is COc1c(C)cc(C(Cl)c2ccoc2)cc1C. The van der Waals surface area contributed by atoms with Crippen molar-refractivity contribution in [3.8, 4) is 5.75 Å². The molecule has 1 atom stereocenters. The molecule has 0 N–H and O–H groups in total. The van der Waals surface area contributed by atoms with Gasteiger partial charge in [0.1, 0.15) is 5.75 Å². The molecule has 2 rings (SSSR count). The van der Waals surface area contributed by atoms with Gasteiger partial charge in [-0.3, -0.25) is 0 Å². The number of ether oxygens (including phenoxy) is 1. The predicted molar refractivity (Wildman–Crippen MR) is 68.9 cm³/mol. The summed E-state index contributed by atoms with van der Waals surface area (Å²) in [6.07, 6.45) is 3.31. The van der Waals surface area contributed by atoms with Gasteiger partial charge < -0.3 is 9.15 Å². The van der Waals surface area contributed by atoms with Gasteiger partial charge in [0.15, 0.2) is 0 Å². The van der Waals surface area contributed by atoms with E-state index in [0.29, 0.717) is 0 Å². The van der Waals surface area contributed by atoms with Crippen molar-refractivity contribution in [1.29, 1.82) is 0 Å². The van der Waals surface area contributed by atoms with Crippen molar-refractivity contribution < 1.29 is 9.15 Å². The molecule has 1 unspecified atom stereocenters. The molecule has 1 aromatic carbocycles. The van der Waals surface area contributed by atoms with Crippen LogP contribution in [0.5, 0.6) is 5.75 Å². The standard InChI is InChI=1S/C14H15ClO2/c1-9-6-12(7-10(2)14(9)16-3)13(15)11-4-5-17-8-11/h4-8,13H,1-3H3. The molecule has 0 aliphatic heterocycles. The van der Waals surface area contributed by atoms with E-state index in [0.717, 1.165) is 28.0 Å². The second-order valence-electron chi connectivity index (χ2n) is 4.11. The zero-order valence-electron chi connectivity index (χ0n) is 10.2. The molecule has 1 aromatic heterocycles. The van der Waals surface area contributed by atoms with Crippen molar-refractivity contribution in [3.63, 3.8) is 0 Å². The zero-order valence-corrected chi connectivity index (χ0v) is 10.9. The Morgan fingerprint density at radius 3 is 2.29 bits per heavy atom. The number of hydrogen-bond donors (Lipinski definition) is 0. The molecule has 3 heteroatoms. The number of furan rings is 1. The van der Waals surface area contributed by atoms with Gasteiger partial charge in [0.2, 0.25) is 0 Å². The van der Waals surface area contributed by atoms with E-state index in [1.165, 1.54) is 0 Å². The van der Waals surface area contributed by atoms with Crippen LogP contribution < -0.4 is 4.74 Å². The average molecular weight is 251 g/mol. The third-order valence-electron chi connectivity index (χ3n) is 2.82. The van der Waals surface area contributed by atoms with E-state index in [1.54, 1.807) is 19.6 Å². The lowest BCUT2D eigenvalue weighted by Crippen LogP contribution is -1.97. The molecule has 1 heterocycles. The van der Waals surface area contributed by atoms with Crippen molar-refractivity contribution in [1.82, 2.24) is 0 Å². The van der Waals surface area contributed by atoms with E-state index >= 15 is 0 Å². The Bertz CT molecular complexity index is 480. The van der Waals surface area contributed by atoms with Crippen LogP contribution >= 0.6 is 11.6 Å². The summed E-state index contributed by atoms with van der Waals surface area (Å²) in [6.45, 7) is 4.04. The van der Waals surface area contributed by atoms with Crippen molar-refractivity contribution in [2.24, 2.45) is 0 Å². The Morgan fingerprint density at radius 2 is 1.82 bits per heavy atom. The Hall–Kier alpha value is -1.41. The summed E-state index contributed by atoms with van der Waals surface area (Å²) in [6, 6.07) is 5.99. The number of aryl methyl sites for hydroxylation is 2. The van der Waals surface area contributed by atoms with E-state index in [4.69, 9.17) is 20.8 Å². The van der Waals surface area contributed by atoms with Gasteiger partial charge >= 0.3 is 0 Å². The highest BCUT2D eigenvalue weighted by Gasteiger charge is 2.14.